The molecule has 0 heterocycles. The standard InChI is InChI=1S/C11H22N2O2/c1-2-3-7-13(9-4-5-9)8-6-10(12)11(14)15/h9-10H,2-8,12H2,1H3,(H,14,15). The first-order chi connectivity index (χ1) is 7.15. The van der Waals surface area contributed by atoms with Crippen LogP contribution >= 0.6 is 0 Å². The summed E-state index contributed by atoms with van der Waals surface area (Å²) in [5, 5.41) is 8.68. The van der Waals surface area contributed by atoms with E-state index in [0.717, 1.165) is 13.1 Å². The summed E-state index contributed by atoms with van der Waals surface area (Å²) in [5.74, 6) is -0.888. The molecule has 0 aliphatic heterocycles. The van der Waals surface area contributed by atoms with Crippen LogP contribution in [0.2, 0.25) is 0 Å². The molecule has 0 bridgehead atoms. The zero-order chi connectivity index (χ0) is 11.3. The number of carbonyl (C=O) groups is 1. The van der Waals surface area contributed by atoms with Crippen LogP contribution in [-0.4, -0.2) is 41.1 Å². The number of aliphatic carboxylic acids is 1. The quantitative estimate of drug-likeness (QED) is 0.634. The third-order valence-electron chi connectivity index (χ3n) is 2.91. The zero-order valence-corrected chi connectivity index (χ0v) is 9.48. The molecule has 1 unspecified atom stereocenters. The lowest BCUT2D eigenvalue weighted by Crippen LogP contribution is -2.36. The lowest BCUT2D eigenvalue weighted by Gasteiger charge is -2.22. The van der Waals surface area contributed by atoms with E-state index in [2.05, 4.69) is 11.8 Å². The Hall–Kier alpha value is -0.610. The summed E-state index contributed by atoms with van der Waals surface area (Å²) >= 11 is 0. The van der Waals surface area contributed by atoms with Crippen molar-refractivity contribution < 1.29 is 9.90 Å². The van der Waals surface area contributed by atoms with Crippen molar-refractivity contribution in [2.75, 3.05) is 13.1 Å². The number of hydrogen-bond acceptors (Lipinski definition) is 3. The van der Waals surface area contributed by atoms with E-state index < -0.39 is 12.0 Å². The second-order valence-corrected chi connectivity index (χ2v) is 4.35. The highest BCUT2D eigenvalue weighted by molar-refractivity contribution is 5.72. The average molecular weight is 214 g/mol. The summed E-state index contributed by atoms with van der Waals surface area (Å²) in [4.78, 5) is 13.0. The van der Waals surface area contributed by atoms with E-state index >= 15 is 0 Å². The smallest absolute Gasteiger partial charge is 0.320 e. The van der Waals surface area contributed by atoms with Crippen LogP contribution in [-0.2, 0) is 4.79 Å². The van der Waals surface area contributed by atoms with Crippen LogP contribution in [0.4, 0.5) is 0 Å². The van der Waals surface area contributed by atoms with Crippen LogP contribution < -0.4 is 5.73 Å². The first-order valence-electron chi connectivity index (χ1n) is 5.87. The zero-order valence-electron chi connectivity index (χ0n) is 9.48. The molecule has 1 fully saturated rings. The van der Waals surface area contributed by atoms with Gasteiger partial charge >= 0.3 is 5.97 Å². The molecule has 15 heavy (non-hydrogen) atoms. The van der Waals surface area contributed by atoms with E-state index in [-0.39, 0.29) is 0 Å². The Morgan fingerprint density at radius 3 is 2.67 bits per heavy atom. The number of nitrogens with two attached hydrogens (primary N) is 1. The molecule has 0 spiro atoms. The lowest BCUT2D eigenvalue weighted by molar-refractivity contribution is -0.138. The minimum absolute atomic E-state index is 0.565. The van der Waals surface area contributed by atoms with Crippen molar-refractivity contribution in [1.82, 2.24) is 4.90 Å². The van der Waals surface area contributed by atoms with Crippen LogP contribution in [0.15, 0.2) is 0 Å². The molecule has 0 aromatic carbocycles. The molecule has 88 valence electrons. The fourth-order valence-corrected chi connectivity index (χ4v) is 1.71. The fraction of sp³-hybridized carbons (Fsp3) is 0.909. The van der Waals surface area contributed by atoms with Gasteiger partial charge in [0.1, 0.15) is 6.04 Å². The predicted octanol–water partition coefficient (Wildman–Crippen LogP) is 1.05. The number of rotatable bonds is 8. The largest absolute Gasteiger partial charge is 0.480 e. The minimum Gasteiger partial charge on any atom is -0.480 e. The van der Waals surface area contributed by atoms with E-state index in [1.807, 2.05) is 0 Å². The summed E-state index contributed by atoms with van der Waals surface area (Å²) in [5.41, 5.74) is 5.49. The molecule has 4 heteroatoms. The van der Waals surface area contributed by atoms with Crippen LogP contribution in [0.3, 0.4) is 0 Å². The Kier molecular flexibility index (Phi) is 5.05. The van der Waals surface area contributed by atoms with E-state index in [9.17, 15) is 4.79 Å². The highest BCUT2D eigenvalue weighted by Gasteiger charge is 2.28. The number of carboxylic acid groups (broad SMARTS) is 1. The Bertz CT molecular complexity index is 205. The molecule has 0 aromatic rings. The number of unbranched alkanes of at least 4 members (excludes halogenated alkanes) is 1. The topological polar surface area (TPSA) is 66.6 Å². The normalized spacial score (nSPS) is 18.1. The average Bonchev–Trinajstić information content (AvgIpc) is 3.01. The Labute approximate surface area is 91.4 Å². The van der Waals surface area contributed by atoms with Gasteiger partial charge < -0.3 is 15.7 Å². The maximum Gasteiger partial charge on any atom is 0.320 e. The molecule has 0 aromatic heterocycles. The summed E-state index contributed by atoms with van der Waals surface area (Å²) in [7, 11) is 0. The molecule has 1 rings (SSSR count). The molecular formula is C11H22N2O2. The van der Waals surface area contributed by atoms with Gasteiger partial charge in [0.15, 0.2) is 0 Å². The van der Waals surface area contributed by atoms with Gasteiger partial charge in [-0.3, -0.25) is 4.79 Å². The lowest BCUT2D eigenvalue weighted by atomic mass is 10.2. The van der Waals surface area contributed by atoms with Gasteiger partial charge in [-0.05, 0) is 32.2 Å². The summed E-state index contributed by atoms with van der Waals surface area (Å²) in [6.07, 6.45) is 5.49. The third kappa shape index (κ3) is 4.62. The molecule has 1 saturated carbocycles. The molecule has 1 atom stereocenters. The van der Waals surface area contributed by atoms with Gasteiger partial charge in [-0.25, -0.2) is 0 Å². The third-order valence-corrected chi connectivity index (χ3v) is 2.91. The summed E-state index contributed by atoms with van der Waals surface area (Å²) < 4.78 is 0. The van der Waals surface area contributed by atoms with Gasteiger partial charge in [-0.1, -0.05) is 13.3 Å². The van der Waals surface area contributed by atoms with E-state index in [4.69, 9.17) is 10.8 Å². The van der Waals surface area contributed by atoms with E-state index in [1.54, 1.807) is 0 Å². The maximum absolute atomic E-state index is 10.6. The Balaban J connectivity index is 2.22. The summed E-state index contributed by atoms with van der Waals surface area (Å²) in [6.45, 7) is 4.10. The van der Waals surface area contributed by atoms with Gasteiger partial charge in [0.2, 0.25) is 0 Å². The van der Waals surface area contributed by atoms with E-state index in [0.29, 0.717) is 12.5 Å². The maximum atomic E-state index is 10.6. The van der Waals surface area contributed by atoms with E-state index in [1.165, 1.54) is 25.7 Å². The van der Waals surface area contributed by atoms with Crippen molar-refractivity contribution in [3.63, 3.8) is 0 Å². The second-order valence-electron chi connectivity index (χ2n) is 4.35. The molecule has 1 aliphatic carbocycles. The highest BCUT2D eigenvalue weighted by Crippen LogP contribution is 2.27. The highest BCUT2D eigenvalue weighted by atomic mass is 16.4. The van der Waals surface area contributed by atoms with Gasteiger partial charge in [-0.2, -0.15) is 0 Å². The number of nitrogens with zero attached hydrogens (tertiary/aromatic N) is 1. The van der Waals surface area contributed by atoms with Crippen LogP contribution in [0.1, 0.15) is 39.0 Å². The monoisotopic (exact) mass is 214 g/mol. The summed E-state index contributed by atoms with van der Waals surface area (Å²) in [6, 6.07) is 0.00502. The molecule has 0 amide bonds. The second kappa shape index (κ2) is 6.08. The van der Waals surface area contributed by atoms with Crippen molar-refractivity contribution >= 4 is 5.97 Å². The number of carboxylic acids is 1. The van der Waals surface area contributed by atoms with Gasteiger partial charge in [0, 0.05) is 12.6 Å². The van der Waals surface area contributed by atoms with Crippen LogP contribution in [0.5, 0.6) is 0 Å². The molecule has 0 radical (unpaired) electrons. The van der Waals surface area contributed by atoms with Gasteiger partial charge in [0.05, 0.1) is 0 Å². The molecular weight excluding hydrogens is 192 g/mol. The molecule has 1 aliphatic rings. The van der Waals surface area contributed by atoms with Crippen molar-refractivity contribution in [3.05, 3.63) is 0 Å². The number of hydrogen-bond donors (Lipinski definition) is 2. The van der Waals surface area contributed by atoms with Crippen molar-refractivity contribution in [3.8, 4) is 0 Å². The SMILES string of the molecule is CCCCN(CCC(N)C(=O)O)C1CC1. The Morgan fingerprint density at radius 2 is 2.20 bits per heavy atom. The molecule has 0 saturated heterocycles. The van der Waals surface area contributed by atoms with Gasteiger partial charge in [-0.15, -0.1) is 0 Å². The van der Waals surface area contributed by atoms with Crippen molar-refractivity contribution in [2.24, 2.45) is 5.73 Å². The predicted molar refractivity (Wildman–Crippen MR) is 59.7 cm³/mol. The first kappa shape index (κ1) is 12.5. The van der Waals surface area contributed by atoms with Crippen LogP contribution in [0.25, 0.3) is 0 Å². The van der Waals surface area contributed by atoms with Gasteiger partial charge in [0.25, 0.3) is 0 Å². The fourth-order valence-electron chi connectivity index (χ4n) is 1.71. The minimum atomic E-state index is -0.888. The van der Waals surface area contributed by atoms with Crippen molar-refractivity contribution in [1.29, 1.82) is 0 Å². The molecule has 4 nitrogen and oxygen atoms in total. The first-order valence-corrected chi connectivity index (χ1v) is 5.87. The van der Waals surface area contributed by atoms with Crippen LogP contribution in [0, 0.1) is 0 Å². The molecule has 3 N–H and O–H groups in total. The Morgan fingerprint density at radius 1 is 1.53 bits per heavy atom. The van der Waals surface area contributed by atoms with Crippen molar-refractivity contribution in [2.45, 2.75) is 51.1 Å².